The Morgan fingerprint density at radius 3 is 2.64 bits per heavy atom. The maximum atomic E-state index is 10.7. The fourth-order valence-corrected chi connectivity index (χ4v) is 0.841. The van der Waals surface area contributed by atoms with Crippen LogP contribution >= 0.6 is 11.6 Å². The lowest BCUT2D eigenvalue weighted by Crippen LogP contribution is -2.08. The van der Waals surface area contributed by atoms with Gasteiger partial charge in [0.15, 0.2) is 0 Å². The minimum atomic E-state index is -1.48. The third-order valence-electron chi connectivity index (χ3n) is 1.39. The van der Waals surface area contributed by atoms with E-state index in [1.54, 1.807) is 12.1 Å². The largest absolute Gasteiger partial charge is 0.475 e. The molecule has 14 heavy (non-hydrogen) atoms. The summed E-state index contributed by atoms with van der Waals surface area (Å²) in [5, 5.41) is 8.61. The molecule has 0 aliphatic rings. The van der Waals surface area contributed by atoms with Gasteiger partial charge in [-0.25, -0.2) is 9.78 Å². The van der Waals surface area contributed by atoms with Crippen molar-refractivity contribution in [3.63, 3.8) is 0 Å². The van der Waals surface area contributed by atoms with Gasteiger partial charge in [0.05, 0.1) is 0 Å². The number of carbonyl (C=O) groups excluding carboxylic acids is 1. The first-order chi connectivity index (χ1) is 6.59. The molecule has 1 aromatic rings. The van der Waals surface area contributed by atoms with Crippen molar-refractivity contribution in [2.75, 3.05) is 0 Å². The Labute approximate surface area is 84.8 Å². The number of aromatic nitrogens is 1. The molecule has 0 amide bonds. The summed E-state index contributed by atoms with van der Waals surface area (Å²) in [4.78, 5) is 24.5. The average molecular weight is 212 g/mol. The molecule has 4 nitrogen and oxygen atoms in total. The quantitative estimate of drug-likeness (QED) is 0.466. The summed E-state index contributed by atoms with van der Waals surface area (Å²) in [6, 6.07) is 3.17. The zero-order valence-corrected chi connectivity index (χ0v) is 7.73. The first-order valence-electron chi connectivity index (χ1n) is 3.66. The van der Waals surface area contributed by atoms with E-state index in [1.165, 1.54) is 12.3 Å². The summed E-state index contributed by atoms with van der Waals surface area (Å²) in [6.45, 7) is 0. The van der Waals surface area contributed by atoms with Crippen LogP contribution in [-0.2, 0) is 9.59 Å². The van der Waals surface area contributed by atoms with Crippen LogP contribution in [0.3, 0.4) is 0 Å². The van der Waals surface area contributed by atoms with E-state index in [0.717, 1.165) is 6.08 Å². The molecule has 0 unspecified atom stereocenters. The van der Waals surface area contributed by atoms with E-state index < -0.39 is 11.8 Å². The van der Waals surface area contributed by atoms with Gasteiger partial charge in [-0.3, -0.25) is 4.79 Å². The summed E-state index contributed by atoms with van der Waals surface area (Å²) in [6.07, 6.45) is 3.76. The van der Waals surface area contributed by atoms with Gasteiger partial charge in [0.1, 0.15) is 5.15 Å². The number of carboxylic acids is 1. The second-order valence-corrected chi connectivity index (χ2v) is 2.80. The second-order valence-electron chi connectivity index (χ2n) is 2.42. The van der Waals surface area contributed by atoms with Crippen LogP contribution in [0.25, 0.3) is 6.08 Å². The van der Waals surface area contributed by atoms with Crippen LogP contribution in [0.2, 0.25) is 5.15 Å². The fourth-order valence-electron chi connectivity index (χ4n) is 0.729. The highest BCUT2D eigenvalue weighted by atomic mass is 35.5. The average Bonchev–Trinajstić information content (AvgIpc) is 2.16. The summed E-state index contributed by atoms with van der Waals surface area (Å²) in [5.74, 6) is -2.46. The lowest BCUT2D eigenvalue weighted by Gasteiger charge is -1.91. The predicted octanol–water partition coefficient (Wildman–Crippen LogP) is 1.40. The SMILES string of the molecule is O=C(O)C(=O)/C=C/c1ccc(Cl)nc1. The molecule has 1 N–H and O–H groups in total. The van der Waals surface area contributed by atoms with E-state index in [4.69, 9.17) is 16.7 Å². The fraction of sp³-hybridized carbons (Fsp3) is 0. The molecule has 0 saturated heterocycles. The van der Waals surface area contributed by atoms with Crippen LogP contribution < -0.4 is 0 Å². The lowest BCUT2D eigenvalue weighted by atomic mass is 10.2. The van der Waals surface area contributed by atoms with Gasteiger partial charge in [-0.2, -0.15) is 0 Å². The van der Waals surface area contributed by atoms with Crippen LogP contribution in [0.15, 0.2) is 24.4 Å². The minimum absolute atomic E-state index is 0.340. The summed E-state index contributed by atoms with van der Waals surface area (Å²) >= 11 is 5.53. The molecule has 0 aliphatic carbocycles. The Morgan fingerprint density at radius 2 is 2.14 bits per heavy atom. The molecule has 0 bridgehead atoms. The predicted molar refractivity (Wildman–Crippen MR) is 50.9 cm³/mol. The molecular formula is C9H6ClNO3. The first kappa shape index (κ1) is 10.4. The topological polar surface area (TPSA) is 67.3 Å². The number of carboxylic acid groups (broad SMARTS) is 1. The van der Waals surface area contributed by atoms with Gasteiger partial charge in [-0.15, -0.1) is 0 Å². The molecule has 1 heterocycles. The highest BCUT2D eigenvalue weighted by molar-refractivity contribution is 6.38. The number of rotatable bonds is 3. The molecule has 0 fully saturated rings. The van der Waals surface area contributed by atoms with Crippen molar-refractivity contribution in [2.24, 2.45) is 0 Å². The maximum Gasteiger partial charge on any atom is 0.376 e. The van der Waals surface area contributed by atoms with E-state index in [1.807, 2.05) is 0 Å². The lowest BCUT2D eigenvalue weighted by molar-refractivity contribution is -0.146. The number of aliphatic carboxylic acids is 1. The maximum absolute atomic E-state index is 10.7. The van der Waals surface area contributed by atoms with Crippen molar-refractivity contribution in [2.45, 2.75) is 0 Å². The third-order valence-corrected chi connectivity index (χ3v) is 1.61. The van der Waals surface area contributed by atoms with Crippen molar-refractivity contribution in [1.29, 1.82) is 0 Å². The number of hydrogen-bond donors (Lipinski definition) is 1. The molecule has 0 saturated carbocycles. The monoisotopic (exact) mass is 211 g/mol. The van der Waals surface area contributed by atoms with Gasteiger partial charge in [0, 0.05) is 6.20 Å². The second kappa shape index (κ2) is 4.53. The van der Waals surface area contributed by atoms with Crippen molar-refractivity contribution >= 4 is 29.4 Å². The smallest absolute Gasteiger partial charge is 0.376 e. The van der Waals surface area contributed by atoms with Gasteiger partial charge in [0.25, 0.3) is 5.78 Å². The van der Waals surface area contributed by atoms with Crippen molar-refractivity contribution < 1.29 is 14.7 Å². The summed E-state index contributed by atoms with van der Waals surface area (Å²) in [5.41, 5.74) is 0.615. The van der Waals surface area contributed by atoms with Crippen LogP contribution in [0, 0.1) is 0 Å². The van der Waals surface area contributed by atoms with E-state index in [2.05, 4.69) is 4.98 Å². The summed E-state index contributed by atoms with van der Waals surface area (Å²) in [7, 11) is 0. The van der Waals surface area contributed by atoms with Gasteiger partial charge >= 0.3 is 5.97 Å². The van der Waals surface area contributed by atoms with Crippen LogP contribution in [0.1, 0.15) is 5.56 Å². The van der Waals surface area contributed by atoms with Crippen LogP contribution in [0.5, 0.6) is 0 Å². The van der Waals surface area contributed by atoms with Crippen molar-refractivity contribution in [3.05, 3.63) is 35.1 Å². The number of nitrogens with zero attached hydrogens (tertiary/aromatic N) is 1. The first-order valence-corrected chi connectivity index (χ1v) is 4.04. The van der Waals surface area contributed by atoms with E-state index in [9.17, 15) is 9.59 Å². The minimum Gasteiger partial charge on any atom is -0.475 e. The van der Waals surface area contributed by atoms with Crippen LogP contribution in [0.4, 0.5) is 0 Å². The molecule has 0 spiro atoms. The van der Waals surface area contributed by atoms with Gasteiger partial charge < -0.3 is 5.11 Å². The molecule has 5 heteroatoms. The van der Waals surface area contributed by atoms with Crippen LogP contribution in [-0.4, -0.2) is 21.8 Å². The molecule has 1 rings (SSSR count). The van der Waals surface area contributed by atoms with Crippen molar-refractivity contribution in [1.82, 2.24) is 4.98 Å². The van der Waals surface area contributed by atoms with Crippen molar-refractivity contribution in [3.8, 4) is 0 Å². The Balaban J connectivity index is 2.74. The van der Waals surface area contributed by atoms with E-state index in [-0.39, 0.29) is 0 Å². The number of pyridine rings is 1. The zero-order valence-electron chi connectivity index (χ0n) is 6.98. The van der Waals surface area contributed by atoms with Gasteiger partial charge in [-0.05, 0) is 23.8 Å². The highest BCUT2D eigenvalue weighted by Gasteiger charge is 2.05. The molecule has 1 aromatic heterocycles. The number of carbonyl (C=O) groups is 2. The third kappa shape index (κ3) is 2.99. The molecule has 0 atom stereocenters. The molecule has 0 aromatic carbocycles. The Bertz CT molecular complexity index is 384. The molecular weight excluding hydrogens is 206 g/mol. The molecule has 72 valence electrons. The number of halogens is 1. The van der Waals surface area contributed by atoms with Gasteiger partial charge in [0.2, 0.25) is 0 Å². The van der Waals surface area contributed by atoms with E-state index >= 15 is 0 Å². The zero-order chi connectivity index (χ0) is 10.6. The van der Waals surface area contributed by atoms with Gasteiger partial charge in [-0.1, -0.05) is 17.7 Å². The van der Waals surface area contributed by atoms with E-state index in [0.29, 0.717) is 10.7 Å². The highest BCUT2D eigenvalue weighted by Crippen LogP contribution is 2.06. The Hall–Kier alpha value is -1.68. The number of ketones is 1. The Kier molecular flexibility index (Phi) is 3.36. The standard InChI is InChI=1S/C9H6ClNO3/c10-8-4-2-6(5-11-8)1-3-7(12)9(13)14/h1-5H,(H,13,14)/b3-1+. The normalized spacial score (nSPS) is 10.4. The number of hydrogen-bond acceptors (Lipinski definition) is 3. The summed E-state index contributed by atoms with van der Waals surface area (Å²) < 4.78 is 0. The Morgan fingerprint density at radius 1 is 1.43 bits per heavy atom. The molecule has 0 aliphatic heterocycles. The molecule has 0 radical (unpaired) electrons.